The monoisotopic (exact) mass is 493 g/mol. The number of benzene rings is 3. The summed E-state index contributed by atoms with van der Waals surface area (Å²) in [5.74, 6) is -0.680. The molecule has 0 aliphatic rings. The van der Waals surface area contributed by atoms with E-state index >= 15 is 0 Å². The Balaban J connectivity index is 2.01. The highest BCUT2D eigenvalue weighted by Crippen LogP contribution is 2.22. The Morgan fingerprint density at radius 3 is 2.29 bits per heavy atom. The first kappa shape index (κ1) is 25.9. The van der Waals surface area contributed by atoms with Crippen molar-refractivity contribution in [3.8, 4) is 0 Å². The van der Waals surface area contributed by atoms with E-state index in [1.54, 1.807) is 36.4 Å². The van der Waals surface area contributed by atoms with E-state index in [1.165, 1.54) is 11.0 Å². The van der Waals surface area contributed by atoms with Crippen LogP contribution in [0.3, 0.4) is 0 Å². The van der Waals surface area contributed by atoms with Crippen molar-refractivity contribution in [2.75, 3.05) is 0 Å². The lowest BCUT2D eigenvalue weighted by Crippen LogP contribution is -2.52. The molecule has 0 saturated carbocycles. The fraction of sp³-hybridized carbons (Fsp3) is 0.259. The third-order valence-corrected chi connectivity index (χ3v) is 5.71. The van der Waals surface area contributed by atoms with Crippen molar-refractivity contribution in [1.82, 2.24) is 10.2 Å². The van der Waals surface area contributed by atoms with Crippen LogP contribution in [-0.4, -0.2) is 33.7 Å². The quantitative estimate of drug-likeness (QED) is 0.319. The molecule has 3 rings (SSSR count). The third kappa shape index (κ3) is 7.39. The van der Waals surface area contributed by atoms with Crippen LogP contribution in [0.15, 0.2) is 78.9 Å². The molecular weight excluding hydrogens is 466 g/mol. The Morgan fingerprint density at radius 1 is 0.971 bits per heavy atom. The highest BCUT2D eigenvalue weighted by Gasteiger charge is 2.31. The minimum absolute atomic E-state index is 0.126. The van der Waals surface area contributed by atoms with Gasteiger partial charge >= 0.3 is 0 Å². The molecule has 3 aromatic rings. The van der Waals surface area contributed by atoms with Crippen LogP contribution in [-0.2, 0) is 29.0 Å². The van der Waals surface area contributed by atoms with Gasteiger partial charge in [-0.1, -0.05) is 72.3 Å². The van der Waals surface area contributed by atoms with E-state index in [0.29, 0.717) is 17.0 Å². The fourth-order valence-corrected chi connectivity index (χ4v) is 4.08. The highest BCUT2D eigenvalue weighted by molar-refractivity contribution is 6.30. The van der Waals surface area contributed by atoms with E-state index in [1.807, 2.05) is 50.2 Å². The maximum atomic E-state index is 13.7. The Bertz CT molecular complexity index is 1180. The van der Waals surface area contributed by atoms with E-state index in [2.05, 4.69) is 5.32 Å². The molecule has 0 spiro atoms. The van der Waals surface area contributed by atoms with E-state index in [9.17, 15) is 19.7 Å². The van der Waals surface area contributed by atoms with Crippen molar-refractivity contribution >= 4 is 29.1 Å². The minimum Gasteiger partial charge on any atom is -0.352 e. The average Bonchev–Trinajstić information content (AvgIpc) is 2.81. The maximum absolute atomic E-state index is 13.7. The van der Waals surface area contributed by atoms with Gasteiger partial charge in [-0.3, -0.25) is 19.7 Å². The summed E-state index contributed by atoms with van der Waals surface area (Å²) in [5, 5.41) is 14.9. The number of carbonyl (C=O) groups is 2. The summed E-state index contributed by atoms with van der Waals surface area (Å²) < 4.78 is 0. The van der Waals surface area contributed by atoms with Crippen LogP contribution >= 0.6 is 11.6 Å². The molecule has 0 aliphatic heterocycles. The SMILES string of the molecule is CC(C)NC(=O)[C@@H](Cc1ccccc1)N(Cc1cccc(Cl)c1)C(=O)Cc1ccccc1[N+](=O)[O-]. The molecule has 1 N–H and O–H groups in total. The summed E-state index contributed by atoms with van der Waals surface area (Å²) in [6.07, 6.45) is 0.0839. The van der Waals surface area contributed by atoms with Crippen LogP contribution in [0.1, 0.15) is 30.5 Å². The number of carbonyl (C=O) groups excluding carboxylic acids is 2. The second-order valence-electron chi connectivity index (χ2n) is 8.58. The molecule has 35 heavy (non-hydrogen) atoms. The van der Waals surface area contributed by atoms with Crippen molar-refractivity contribution in [3.63, 3.8) is 0 Å². The van der Waals surface area contributed by atoms with Gasteiger partial charge < -0.3 is 10.2 Å². The normalized spacial score (nSPS) is 11.7. The van der Waals surface area contributed by atoms with Crippen molar-refractivity contribution < 1.29 is 14.5 Å². The van der Waals surface area contributed by atoms with Crippen LogP contribution in [0.25, 0.3) is 0 Å². The molecule has 0 aromatic heterocycles. The first-order valence-corrected chi connectivity index (χ1v) is 11.7. The fourth-order valence-electron chi connectivity index (χ4n) is 3.87. The zero-order valence-electron chi connectivity index (χ0n) is 19.7. The van der Waals surface area contributed by atoms with Gasteiger partial charge in [0.2, 0.25) is 11.8 Å². The number of nitro benzene ring substituents is 1. The molecule has 0 fully saturated rings. The van der Waals surface area contributed by atoms with Crippen LogP contribution in [0.2, 0.25) is 5.02 Å². The largest absolute Gasteiger partial charge is 0.352 e. The lowest BCUT2D eigenvalue weighted by Gasteiger charge is -2.32. The molecule has 3 aromatic carbocycles. The molecule has 8 heteroatoms. The summed E-state index contributed by atoms with van der Waals surface area (Å²) in [4.78, 5) is 39.5. The van der Waals surface area contributed by atoms with Gasteiger partial charge in [0.05, 0.1) is 11.3 Å². The highest BCUT2D eigenvalue weighted by atomic mass is 35.5. The molecule has 1 atom stereocenters. The van der Waals surface area contributed by atoms with Gasteiger partial charge in [-0.2, -0.15) is 0 Å². The molecule has 0 saturated heterocycles. The van der Waals surface area contributed by atoms with Crippen molar-refractivity contribution in [3.05, 3.63) is 111 Å². The number of para-hydroxylation sites is 1. The van der Waals surface area contributed by atoms with Gasteiger partial charge in [-0.25, -0.2) is 0 Å². The molecule has 0 bridgehead atoms. The zero-order chi connectivity index (χ0) is 25.4. The molecule has 0 unspecified atom stereocenters. The van der Waals surface area contributed by atoms with Gasteiger partial charge in [-0.05, 0) is 37.1 Å². The lowest BCUT2D eigenvalue weighted by molar-refractivity contribution is -0.385. The van der Waals surface area contributed by atoms with Crippen molar-refractivity contribution in [2.45, 2.75) is 45.3 Å². The maximum Gasteiger partial charge on any atom is 0.273 e. The van der Waals surface area contributed by atoms with Crippen molar-refractivity contribution in [2.24, 2.45) is 0 Å². The Hall–Kier alpha value is -3.71. The Labute approximate surface area is 209 Å². The number of amides is 2. The first-order chi connectivity index (χ1) is 16.7. The molecule has 0 aliphatic carbocycles. The number of halogens is 1. The van der Waals surface area contributed by atoms with Gasteiger partial charge in [0, 0.05) is 35.7 Å². The summed E-state index contributed by atoms with van der Waals surface area (Å²) >= 11 is 6.18. The zero-order valence-corrected chi connectivity index (χ0v) is 20.4. The molecule has 2 amide bonds. The average molecular weight is 494 g/mol. The summed E-state index contributed by atoms with van der Waals surface area (Å²) in [6, 6.07) is 21.7. The summed E-state index contributed by atoms with van der Waals surface area (Å²) in [7, 11) is 0. The molecule has 182 valence electrons. The van der Waals surface area contributed by atoms with E-state index in [0.717, 1.165) is 11.1 Å². The topological polar surface area (TPSA) is 92.6 Å². The van der Waals surface area contributed by atoms with Gasteiger partial charge in [0.1, 0.15) is 6.04 Å². The molecule has 7 nitrogen and oxygen atoms in total. The predicted octanol–water partition coefficient (Wildman–Crippen LogP) is 4.96. The number of hydrogen-bond acceptors (Lipinski definition) is 4. The number of nitrogens with one attached hydrogen (secondary N) is 1. The van der Waals surface area contributed by atoms with Crippen molar-refractivity contribution in [1.29, 1.82) is 0 Å². The molecule has 0 radical (unpaired) electrons. The summed E-state index contributed by atoms with van der Waals surface area (Å²) in [6.45, 7) is 3.84. The molecular formula is C27H28ClN3O4. The number of rotatable bonds is 10. The predicted molar refractivity (Wildman–Crippen MR) is 136 cm³/mol. The van der Waals surface area contributed by atoms with Crippen LogP contribution < -0.4 is 5.32 Å². The first-order valence-electron chi connectivity index (χ1n) is 11.3. The van der Waals surface area contributed by atoms with Gasteiger partial charge in [0.15, 0.2) is 0 Å². The number of hydrogen-bond donors (Lipinski definition) is 1. The van der Waals surface area contributed by atoms with Crippen LogP contribution in [0.4, 0.5) is 5.69 Å². The second kappa shape index (κ2) is 12.1. The van der Waals surface area contributed by atoms with E-state index < -0.39 is 11.0 Å². The van der Waals surface area contributed by atoms with Crippen LogP contribution in [0, 0.1) is 10.1 Å². The Morgan fingerprint density at radius 2 is 1.63 bits per heavy atom. The Kier molecular flexibility index (Phi) is 8.98. The van der Waals surface area contributed by atoms with Gasteiger partial charge in [-0.15, -0.1) is 0 Å². The van der Waals surface area contributed by atoms with E-state index in [4.69, 9.17) is 11.6 Å². The smallest absolute Gasteiger partial charge is 0.273 e. The lowest BCUT2D eigenvalue weighted by atomic mass is 10.0. The molecule has 0 heterocycles. The third-order valence-electron chi connectivity index (χ3n) is 5.47. The second-order valence-corrected chi connectivity index (χ2v) is 9.02. The standard InChI is InChI=1S/C27H28ClN3O4/c1-19(2)29-27(33)25(16-20-9-4-3-5-10-20)30(18-21-11-8-13-23(28)15-21)26(32)17-22-12-6-7-14-24(22)31(34)35/h3-15,19,25H,16-18H2,1-2H3,(H,29,33)/t25-/m1/s1. The van der Waals surface area contributed by atoms with Gasteiger partial charge in [0.25, 0.3) is 5.69 Å². The van der Waals surface area contributed by atoms with Crippen LogP contribution in [0.5, 0.6) is 0 Å². The minimum atomic E-state index is -0.825. The number of nitro groups is 1. The summed E-state index contributed by atoms with van der Waals surface area (Å²) in [5.41, 5.74) is 1.81. The number of nitrogens with zero attached hydrogens (tertiary/aromatic N) is 2. The van der Waals surface area contributed by atoms with E-state index in [-0.39, 0.29) is 36.5 Å².